The molecule has 0 radical (unpaired) electrons. The van der Waals surface area contributed by atoms with Gasteiger partial charge in [-0.3, -0.25) is 19.8 Å². The zero-order valence-electron chi connectivity index (χ0n) is 12.8. The quantitative estimate of drug-likeness (QED) is 0.207. The number of nitro benzene ring substituents is 1. The lowest BCUT2D eigenvalue weighted by atomic mass is 9.99. The molecule has 24 heavy (non-hydrogen) atoms. The SMILES string of the molecule is C=C(C)C(C(=O)OCc1ccc([N+](=O)[O-])cc1)N1C(=O)C(N)C1F. The third-order valence-electron chi connectivity index (χ3n) is 3.60. The van der Waals surface area contributed by atoms with Crippen molar-refractivity contribution in [3.8, 4) is 0 Å². The standard InChI is InChI=1S/C15H16FN3O5/c1-8(2)12(18-13(16)11(17)14(18)20)15(21)24-7-9-3-5-10(6-4-9)19(22)23/h3-6,11-13H,1,7,17H2,2H3. The lowest BCUT2D eigenvalue weighted by Crippen LogP contribution is -2.71. The summed E-state index contributed by atoms with van der Waals surface area (Å²) in [7, 11) is 0. The minimum atomic E-state index is -1.77. The highest BCUT2D eigenvalue weighted by Gasteiger charge is 2.51. The van der Waals surface area contributed by atoms with Gasteiger partial charge < -0.3 is 10.5 Å². The molecule has 0 bridgehead atoms. The predicted octanol–water partition coefficient (Wildman–Crippen LogP) is 1.05. The van der Waals surface area contributed by atoms with Gasteiger partial charge >= 0.3 is 5.97 Å². The van der Waals surface area contributed by atoms with Crippen LogP contribution in [0.15, 0.2) is 36.4 Å². The molecule has 8 nitrogen and oxygen atoms in total. The van der Waals surface area contributed by atoms with Crippen LogP contribution in [0.25, 0.3) is 0 Å². The van der Waals surface area contributed by atoms with E-state index in [4.69, 9.17) is 10.5 Å². The molecule has 1 aliphatic rings. The first-order chi connectivity index (χ1) is 11.2. The van der Waals surface area contributed by atoms with Crippen molar-refractivity contribution in [2.24, 2.45) is 5.73 Å². The van der Waals surface area contributed by atoms with E-state index in [2.05, 4.69) is 6.58 Å². The lowest BCUT2D eigenvalue weighted by Gasteiger charge is -2.44. The maximum Gasteiger partial charge on any atom is 0.333 e. The molecular weight excluding hydrogens is 321 g/mol. The number of benzene rings is 1. The van der Waals surface area contributed by atoms with Crippen molar-refractivity contribution in [3.05, 3.63) is 52.1 Å². The Balaban J connectivity index is 2.02. The Kier molecular flexibility index (Phi) is 4.93. The average Bonchev–Trinajstić information content (AvgIpc) is 2.56. The molecule has 1 aromatic rings. The van der Waals surface area contributed by atoms with Gasteiger partial charge in [-0.1, -0.05) is 6.58 Å². The van der Waals surface area contributed by atoms with Crippen LogP contribution >= 0.6 is 0 Å². The number of nitrogens with two attached hydrogens (primary N) is 1. The van der Waals surface area contributed by atoms with E-state index in [9.17, 15) is 24.1 Å². The van der Waals surface area contributed by atoms with Crippen LogP contribution in [0.3, 0.4) is 0 Å². The monoisotopic (exact) mass is 337 g/mol. The molecule has 1 fully saturated rings. The minimum Gasteiger partial charge on any atom is -0.459 e. The van der Waals surface area contributed by atoms with Crippen molar-refractivity contribution in [1.82, 2.24) is 4.90 Å². The van der Waals surface area contributed by atoms with E-state index in [1.165, 1.54) is 31.2 Å². The molecule has 2 N–H and O–H groups in total. The number of esters is 1. The second-order valence-corrected chi connectivity index (χ2v) is 5.42. The van der Waals surface area contributed by atoms with E-state index >= 15 is 0 Å². The zero-order chi connectivity index (χ0) is 18.0. The highest BCUT2D eigenvalue weighted by Crippen LogP contribution is 2.26. The summed E-state index contributed by atoms with van der Waals surface area (Å²) >= 11 is 0. The Morgan fingerprint density at radius 1 is 1.50 bits per heavy atom. The van der Waals surface area contributed by atoms with Gasteiger partial charge in [-0.05, 0) is 30.2 Å². The van der Waals surface area contributed by atoms with E-state index in [0.29, 0.717) is 10.5 Å². The van der Waals surface area contributed by atoms with Gasteiger partial charge in [0.15, 0.2) is 12.3 Å². The Morgan fingerprint density at radius 2 is 2.08 bits per heavy atom. The van der Waals surface area contributed by atoms with E-state index in [1.54, 1.807) is 0 Å². The largest absolute Gasteiger partial charge is 0.459 e. The number of carbonyl (C=O) groups excluding carboxylic acids is 2. The number of alkyl halides is 1. The summed E-state index contributed by atoms with van der Waals surface area (Å²) in [5.41, 5.74) is 5.96. The summed E-state index contributed by atoms with van der Waals surface area (Å²) in [5.74, 6) is -1.54. The van der Waals surface area contributed by atoms with E-state index in [0.717, 1.165) is 0 Å². The summed E-state index contributed by atoms with van der Waals surface area (Å²) in [6.07, 6.45) is -1.77. The topological polar surface area (TPSA) is 116 Å². The molecule has 1 saturated heterocycles. The van der Waals surface area contributed by atoms with Gasteiger partial charge in [-0.2, -0.15) is 0 Å². The molecule has 1 heterocycles. The van der Waals surface area contributed by atoms with Crippen LogP contribution in [-0.4, -0.2) is 40.1 Å². The number of non-ortho nitro benzene ring substituents is 1. The molecule has 0 aliphatic carbocycles. The lowest BCUT2D eigenvalue weighted by molar-refractivity contribution is -0.384. The van der Waals surface area contributed by atoms with Gasteiger partial charge in [0.05, 0.1) is 4.92 Å². The fourth-order valence-corrected chi connectivity index (χ4v) is 2.27. The smallest absolute Gasteiger partial charge is 0.333 e. The molecule has 2 rings (SSSR count). The molecule has 1 aromatic carbocycles. The fourth-order valence-electron chi connectivity index (χ4n) is 2.27. The summed E-state index contributed by atoms with van der Waals surface area (Å²) in [4.78, 5) is 34.5. The van der Waals surface area contributed by atoms with Gasteiger partial charge in [0, 0.05) is 12.1 Å². The molecule has 0 aromatic heterocycles. The number of hydrogen-bond donors (Lipinski definition) is 1. The highest BCUT2D eigenvalue weighted by molar-refractivity contribution is 5.94. The molecule has 9 heteroatoms. The van der Waals surface area contributed by atoms with Crippen LogP contribution in [0, 0.1) is 10.1 Å². The number of hydrogen-bond acceptors (Lipinski definition) is 6. The zero-order valence-corrected chi connectivity index (χ0v) is 12.8. The number of rotatable bonds is 6. The molecule has 1 amide bonds. The van der Waals surface area contributed by atoms with Crippen LogP contribution in [-0.2, 0) is 20.9 Å². The van der Waals surface area contributed by atoms with E-state index in [-0.39, 0.29) is 17.9 Å². The number of β-lactam (4-membered cyclic amide) rings is 1. The highest BCUT2D eigenvalue weighted by atomic mass is 19.1. The summed E-state index contributed by atoms with van der Waals surface area (Å²) in [6, 6.07) is 2.87. The molecule has 3 unspecified atom stereocenters. The fraction of sp³-hybridized carbons (Fsp3) is 0.333. The van der Waals surface area contributed by atoms with Crippen LogP contribution in [0.5, 0.6) is 0 Å². The molecule has 128 valence electrons. The number of nitro groups is 1. The first kappa shape index (κ1) is 17.5. The van der Waals surface area contributed by atoms with Gasteiger partial charge in [0.1, 0.15) is 12.6 Å². The Morgan fingerprint density at radius 3 is 2.54 bits per heavy atom. The summed E-state index contributed by atoms with van der Waals surface area (Å²) in [5, 5.41) is 10.6. The van der Waals surface area contributed by atoms with Gasteiger partial charge in [0.2, 0.25) is 5.91 Å². The average molecular weight is 337 g/mol. The molecule has 0 saturated carbocycles. The maximum atomic E-state index is 13.7. The first-order valence-electron chi connectivity index (χ1n) is 7.01. The van der Waals surface area contributed by atoms with Crippen molar-refractivity contribution < 1.29 is 23.6 Å². The number of ether oxygens (including phenoxy) is 1. The van der Waals surface area contributed by atoms with Crippen LogP contribution in [0.4, 0.5) is 10.1 Å². The molecule has 3 atom stereocenters. The number of carbonyl (C=O) groups is 2. The molecule has 0 spiro atoms. The maximum absolute atomic E-state index is 13.7. The van der Waals surface area contributed by atoms with E-state index in [1.807, 2.05) is 0 Å². The Hall–Kier alpha value is -2.81. The molecular formula is C15H16FN3O5. The number of halogens is 1. The second-order valence-electron chi connectivity index (χ2n) is 5.42. The summed E-state index contributed by atoms with van der Waals surface area (Å²) in [6.45, 7) is 4.88. The van der Waals surface area contributed by atoms with Gasteiger partial charge in [-0.15, -0.1) is 0 Å². The summed E-state index contributed by atoms with van der Waals surface area (Å²) < 4.78 is 18.8. The minimum absolute atomic E-state index is 0.0923. The third kappa shape index (κ3) is 3.25. The Labute approximate surface area is 136 Å². The third-order valence-corrected chi connectivity index (χ3v) is 3.60. The number of amides is 1. The Bertz CT molecular complexity index is 691. The number of nitrogens with zero attached hydrogens (tertiary/aromatic N) is 2. The van der Waals surface area contributed by atoms with Crippen LogP contribution in [0.2, 0.25) is 0 Å². The van der Waals surface area contributed by atoms with Gasteiger partial charge in [-0.25, -0.2) is 9.18 Å². The normalized spacial score (nSPS) is 21.0. The van der Waals surface area contributed by atoms with Crippen molar-refractivity contribution in [2.75, 3.05) is 0 Å². The number of likely N-dealkylation sites (tertiary alicyclic amines) is 1. The van der Waals surface area contributed by atoms with Crippen molar-refractivity contribution >= 4 is 17.6 Å². The van der Waals surface area contributed by atoms with Crippen molar-refractivity contribution in [3.63, 3.8) is 0 Å². The van der Waals surface area contributed by atoms with Crippen molar-refractivity contribution in [2.45, 2.75) is 31.9 Å². The van der Waals surface area contributed by atoms with Crippen molar-refractivity contribution in [1.29, 1.82) is 0 Å². The predicted molar refractivity (Wildman–Crippen MR) is 81.2 cm³/mol. The molecule has 1 aliphatic heterocycles. The van der Waals surface area contributed by atoms with Crippen LogP contribution in [0.1, 0.15) is 12.5 Å². The van der Waals surface area contributed by atoms with Gasteiger partial charge in [0.25, 0.3) is 5.69 Å². The second kappa shape index (κ2) is 6.75. The first-order valence-corrected chi connectivity index (χ1v) is 7.01. The van der Waals surface area contributed by atoms with E-state index < -0.39 is 35.2 Å². The van der Waals surface area contributed by atoms with Crippen LogP contribution < -0.4 is 5.73 Å².